The van der Waals surface area contributed by atoms with Gasteiger partial charge in [0.25, 0.3) is 0 Å². The van der Waals surface area contributed by atoms with E-state index in [1.807, 2.05) is 0 Å². The van der Waals surface area contributed by atoms with Crippen LogP contribution in [0.1, 0.15) is 9.68 Å². The van der Waals surface area contributed by atoms with E-state index in [-0.39, 0.29) is 18.1 Å². The van der Waals surface area contributed by atoms with Crippen molar-refractivity contribution in [2.24, 2.45) is 0 Å². The van der Waals surface area contributed by atoms with E-state index in [2.05, 4.69) is 15.9 Å². The normalized spacial score (nSPS) is 14.4. The molecule has 0 heterocycles. The van der Waals surface area contributed by atoms with E-state index in [0.717, 1.165) is 5.56 Å². The Hall–Kier alpha value is -0.300. The quantitative estimate of drug-likeness (QED) is 0.574. The van der Waals surface area contributed by atoms with Crippen molar-refractivity contribution in [1.29, 1.82) is 0 Å². The summed E-state index contributed by atoms with van der Waals surface area (Å²) in [6.07, 6.45) is 0. The van der Waals surface area contributed by atoms with Crippen LogP contribution in [0.3, 0.4) is 0 Å². The van der Waals surface area contributed by atoms with Crippen molar-refractivity contribution >= 4 is 15.9 Å². The van der Waals surface area contributed by atoms with Gasteiger partial charge in [0.1, 0.15) is 0 Å². The Morgan fingerprint density at radius 1 is 1.38 bits per heavy atom. The number of hydrogen-bond donors (Lipinski definition) is 0. The molecule has 0 saturated heterocycles. The summed E-state index contributed by atoms with van der Waals surface area (Å²) in [5, 5.41) is 0.630. The average molecular weight is 174 g/mol. The van der Waals surface area contributed by atoms with Crippen molar-refractivity contribution in [2.75, 3.05) is 0 Å². The van der Waals surface area contributed by atoms with Crippen LogP contribution in [-0.4, -0.2) is 0 Å². The second kappa shape index (κ2) is 2.88. The third-order valence-electron chi connectivity index (χ3n) is 0.814. The third kappa shape index (κ3) is 1.34. The molecule has 0 aliphatic rings. The van der Waals surface area contributed by atoms with E-state index < -0.39 is 0 Å². The molecule has 0 saturated carbocycles. The lowest BCUT2D eigenvalue weighted by Gasteiger charge is -1.88. The lowest BCUT2D eigenvalue weighted by atomic mass is 10.2. The monoisotopic (exact) mass is 173 g/mol. The molecule has 0 radical (unpaired) electrons. The fraction of sp³-hybridized carbons (Fsp3) is 0.143. The van der Waals surface area contributed by atoms with Gasteiger partial charge >= 0.3 is 0 Å². The van der Waals surface area contributed by atoms with Gasteiger partial charge in [-0.05, 0) is 5.56 Å². The number of benzene rings is 1. The number of alkyl halides is 1. The number of hydrogen-bond acceptors (Lipinski definition) is 0. The summed E-state index contributed by atoms with van der Waals surface area (Å²) >= 11 is 3.22. The van der Waals surface area contributed by atoms with Gasteiger partial charge in [-0.15, -0.1) is 0 Å². The molecule has 0 amide bonds. The maximum atomic E-state index is 7.28. The summed E-state index contributed by atoms with van der Waals surface area (Å²) in [4.78, 5) is 0. The van der Waals surface area contributed by atoms with E-state index in [9.17, 15) is 0 Å². The van der Waals surface area contributed by atoms with Crippen molar-refractivity contribution in [3.63, 3.8) is 0 Å². The van der Waals surface area contributed by atoms with Crippen LogP contribution in [0.2, 0.25) is 0 Å². The highest BCUT2D eigenvalue weighted by Crippen LogP contribution is 2.02. The van der Waals surface area contributed by atoms with Gasteiger partial charge in [-0.1, -0.05) is 46.2 Å². The summed E-state index contributed by atoms with van der Waals surface area (Å²) in [6, 6.07) is 3.41. The zero-order valence-corrected chi connectivity index (χ0v) is 5.83. The summed E-state index contributed by atoms with van der Waals surface area (Å²) in [5.74, 6) is 0. The number of halogens is 1. The van der Waals surface area contributed by atoms with E-state index in [4.69, 9.17) is 4.11 Å². The molecular weight excluding hydrogens is 164 g/mol. The van der Waals surface area contributed by atoms with Crippen LogP contribution in [0, 0.1) is 0 Å². The molecule has 0 nitrogen and oxygen atoms in total. The van der Waals surface area contributed by atoms with Crippen molar-refractivity contribution in [3.8, 4) is 0 Å². The predicted octanol–water partition coefficient (Wildman–Crippen LogP) is 2.58. The molecule has 0 fully saturated rings. The van der Waals surface area contributed by atoms with Gasteiger partial charge in [0, 0.05) is 5.33 Å². The SMILES string of the molecule is [2H]c1cc(CBr)cc([2H])c1[2H]. The molecule has 0 aliphatic heterocycles. The van der Waals surface area contributed by atoms with Gasteiger partial charge in [0.2, 0.25) is 0 Å². The second-order valence-corrected chi connectivity index (χ2v) is 1.97. The first kappa shape index (κ1) is 3.02. The van der Waals surface area contributed by atoms with Gasteiger partial charge in [0.15, 0.2) is 0 Å². The van der Waals surface area contributed by atoms with E-state index in [0.29, 0.717) is 5.33 Å². The van der Waals surface area contributed by atoms with Crippen LogP contribution in [0.5, 0.6) is 0 Å². The average Bonchev–Trinajstić information content (AvgIpc) is 1.99. The van der Waals surface area contributed by atoms with Gasteiger partial charge in [-0.3, -0.25) is 0 Å². The lowest BCUT2D eigenvalue weighted by molar-refractivity contribution is 1.44. The third-order valence-corrected chi connectivity index (χ3v) is 1.46. The largest absolute Gasteiger partial charge is 0.0876 e. The maximum Gasteiger partial charge on any atom is 0.0623 e. The van der Waals surface area contributed by atoms with Crippen LogP contribution in [0.25, 0.3) is 0 Å². The first-order valence-corrected chi connectivity index (χ1v) is 3.40. The molecule has 0 atom stereocenters. The van der Waals surface area contributed by atoms with Crippen molar-refractivity contribution in [1.82, 2.24) is 0 Å². The van der Waals surface area contributed by atoms with Crippen LogP contribution < -0.4 is 0 Å². The zero-order valence-electron chi connectivity index (χ0n) is 7.24. The summed E-state index contributed by atoms with van der Waals surface area (Å²) < 4.78 is 21.8. The highest BCUT2D eigenvalue weighted by atomic mass is 79.9. The molecule has 0 bridgehead atoms. The summed E-state index contributed by atoms with van der Waals surface area (Å²) in [7, 11) is 0. The Morgan fingerprint density at radius 2 is 2.00 bits per heavy atom. The maximum absolute atomic E-state index is 7.28. The minimum atomic E-state index is -0.00491. The molecule has 0 aliphatic carbocycles. The molecule has 42 valence electrons. The molecule has 0 aromatic heterocycles. The molecule has 0 spiro atoms. The van der Waals surface area contributed by atoms with Gasteiger partial charge in [0.05, 0.1) is 4.11 Å². The summed E-state index contributed by atoms with van der Waals surface area (Å²) in [6.45, 7) is 0. The Kier molecular flexibility index (Phi) is 1.09. The van der Waals surface area contributed by atoms with Crippen molar-refractivity contribution in [3.05, 3.63) is 35.8 Å². The molecule has 1 aromatic carbocycles. The minimum Gasteiger partial charge on any atom is -0.0876 e. The van der Waals surface area contributed by atoms with Gasteiger partial charge < -0.3 is 0 Å². The Morgan fingerprint density at radius 3 is 2.50 bits per heavy atom. The molecule has 1 aromatic rings. The smallest absolute Gasteiger partial charge is 0.0623 e. The topological polar surface area (TPSA) is 0 Å². The zero-order chi connectivity index (χ0) is 8.43. The standard InChI is InChI=1S/C7H7Br/c8-6-7-4-2-1-3-5-7/h1-5H,6H2/i1D,2D,3D. The number of rotatable bonds is 1. The van der Waals surface area contributed by atoms with E-state index >= 15 is 0 Å². The fourth-order valence-electron chi connectivity index (χ4n) is 0.418. The second-order valence-electron chi connectivity index (χ2n) is 1.41. The van der Waals surface area contributed by atoms with Crippen LogP contribution in [0.15, 0.2) is 30.3 Å². The molecule has 0 N–H and O–H groups in total. The fourth-order valence-corrected chi connectivity index (χ4v) is 0.742. The predicted molar refractivity (Wildman–Crippen MR) is 39.1 cm³/mol. The first-order valence-electron chi connectivity index (χ1n) is 3.78. The van der Waals surface area contributed by atoms with E-state index in [1.54, 1.807) is 12.1 Å². The van der Waals surface area contributed by atoms with Crippen LogP contribution >= 0.6 is 15.9 Å². The van der Waals surface area contributed by atoms with Crippen molar-refractivity contribution in [2.45, 2.75) is 5.33 Å². The molecule has 0 unspecified atom stereocenters. The first-order chi connectivity index (χ1) is 5.15. The van der Waals surface area contributed by atoms with Crippen LogP contribution in [-0.2, 0) is 5.33 Å². The Labute approximate surface area is 61.9 Å². The Balaban J connectivity index is 3.21. The Bertz CT molecular complexity index is 249. The lowest BCUT2D eigenvalue weighted by Crippen LogP contribution is -1.70. The minimum absolute atomic E-state index is 0.00491. The van der Waals surface area contributed by atoms with Gasteiger partial charge in [-0.25, -0.2) is 0 Å². The highest BCUT2D eigenvalue weighted by molar-refractivity contribution is 9.08. The van der Waals surface area contributed by atoms with Crippen molar-refractivity contribution < 1.29 is 4.11 Å². The molecule has 1 heteroatoms. The molecule has 8 heavy (non-hydrogen) atoms. The van der Waals surface area contributed by atoms with Gasteiger partial charge in [-0.2, -0.15) is 0 Å². The molecule has 1 rings (SSSR count). The van der Waals surface area contributed by atoms with E-state index in [1.165, 1.54) is 0 Å². The molecular formula is C7H7Br. The highest BCUT2D eigenvalue weighted by Gasteiger charge is 1.81. The summed E-state index contributed by atoms with van der Waals surface area (Å²) in [5.41, 5.74) is 0.871. The van der Waals surface area contributed by atoms with Crippen LogP contribution in [0.4, 0.5) is 0 Å².